The van der Waals surface area contributed by atoms with Gasteiger partial charge in [0.2, 0.25) is 0 Å². The highest BCUT2D eigenvalue weighted by molar-refractivity contribution is 6.16. The van der Waals surface area contributed by atoms with Gasteiger partial charge in [-0.1, -0.05) is 176 Å². The van der Waals surface area contributed by atoms with Gasteiger partial charge in [-0.25, -0.2) is 0 Å². The van der Waals surface area contributed by atoms with E-state index in [9.17, 15) is 0 Å². The zero-order valence-electron chi connectivity index (χ0n) is 35.8. The molecule has 2 heterocycles. The average molecular weight is 825 g/mol. The van der Waals surface area contributed by atoms with Gasteiger partial charge in [-0.2, -0.15) is 0 Å². The van der Waals surface area contributed by atoms with Crippen LogP contribution < -0.4 is 4.90 Å². The van der Waals surface area contributed by atoms with E-state index in [0.29, 0.717) is 0 Å². The summed E-state index contributed by atoms with van der Waals surface area (Å²) in [7, 11) is 0. The maximum atomic E-state index is 2.62. The van der Waals surface area contributed by atoms with Gasteiger partial charge in [0, 0.05) is 27.4 Å². The molecule has 3 aliphatic carbocycles. The van der Waals surface area contributed by atoms with E-state index in [2.05, 4.69) is 241 Å². The second-order valence-electron chi connectivity index (χ2n) is 18.4. The minimum absolute atomic E-state index is 0.392. The third-order valence-corrected chi connectivity index (χ3v) is 15.6. The lowest BCUT2D eigenvalue weighted by atomic mass is 9.69. The Morgan fingerprint density at radius 3 is 1.66 bits per heavy atom. The van der Waals surface area contributed by atoms with Gasteiger partial charge in [0.05, 0.1) is 33.5 Å². The van der Waals surface area contributed by atoms with E-state index < -0.39 is 10.8 Å². The Hall–Kier alpha value is -8.20. The topological polar surface area (TPSA) is 8.17 Å². The molecule has 11 aromatic rings. The molecule has 0 saturated heterocycles. The van der Waals surface area contributed by atoms with Crippen LogP contribution >= 0.6 is 0 Å². The van der Waals surface area contributed by atoms with Crippen LogP contribution in [0.25, 0.3) is 72.0 Å². The van der Waals surface area contributed by atoms with Crippen LogP contribution in [0.1, 0.15) is 45.9 Å². The highest BCUT2D eigenvalue weighted by Crippen LogP contribution is 2.67. The van der Waals surface area contributed by atoms with Gasteiger partial charge in [-0.3, -0.25) is 0 Å². The zero-order valence-corrected chi connectivity index (χ0v) is 35.8. The monoisotopic (exact) mass is 824 g/mol. The number of nitrogens with zero attached hydrogens (tertiary/aromatic N) is 2. The van der Waals surface area contributed by atoms with Crippen molar-refractivity contribution in [2.24, 2.45) is 0 Å². The fourth-order valence-corrected chi connectivity index (χ4v) is 13.2. The summed E-state index contributed by atoms with van der Waals surface area (Å²) in [6, 6.07) is 84.5. The predicted octanol–water partition coefficient (Wildman–Crippen LogP) is 15.9. The van der Waals surface area contributed by atoms with Crippen LogP contribution in [0.3, 0.4) is 0 Å². The maximum Gasteiger partial charge on any atom is 0.0726 e. The van der Waals surface area contributed by atoms with Crippen LogP contribution in [-0.2, 0) is 10.8 Å². The summed E-state index contributed by atoms with van der Waals surface area (Å²) >= 11 is 0. The molecule has 4 aliphatic rings. The maximum absolute atomic E-state index is 2.62. The molecule has 2 nitrogen and oxygen atoms in total. The molecule has 10 aromatic carbocycles. The van der Waals surface area contributed by atoms with E-state index in [1.54, 1.807) is 0 Å². The molecule has 0 fully saturated rings. The van der Waals surface area contributed by atoms with Crippen LogP contribution in [-0.4, -0.2) is 4.57 Å². The Morgan fingerprint density at radius 2 is 0.892 bits per heavy atom. The smallest absolute Gasteiger partial charge is 0.0726 e. The quantitative estimate of drug-likeness (QED) is 0.172. The highest BCUT2D eigenvalue weighted by Gasteiger charge is 2.54. The van der Waals surface area contributed by atoms with Crippen molar-refractivity contribution in [1.82, 2.24) is 4.57 Å². The lowest BCUT2D eigenvalue weighted by Crippen LogP contribution is -2.32. The van der Waals surface area contributed by atoms with Gasteiger partial charge in [-0.15, -0.1) is 0 Å². The number of hydrogen-bond acceptors (Lipinski definition) is 1. The number of hydrogen-bond donors (Lipinski definition) is 0. The normalized spacial score (nSPS) is 16.2. The average Bonchev–Trinajstić information content (AvgIpc) is 4.06. The molecule has 302 valence electrons. The van der Waals surface area contributed by atoms with E-state index >= 15 is 0 Å². The third kappa shape index (κ3) is 4.21. The molecular formula is C63H40N2. The predicted molar refractivity (Wildman–Crippen MR) is 268 cm³/mol. The van der Waals surface area contributed by atoms with E-state index in [4.69, 9.17) is 0 Å². The summed E-state index contributed by atoms with van der Waals surface area (Å²) in [5, 5.41) is 2.53. The molecule has 1 aliphatic heterocycles. The minimum Gasteiger partial charge on any atom is -0.309 e. The number of benzene rings is 10. The second-order valence-corrected chi connectivity index (χ2v) is 18.4. The van der Waals surface area contributed by atoms with Crippen molar-refractivity contribution in [1.29, 1.82) is 0 Å². The first kappa shape index (κ1) is 35.3. The van der Waals surface area contributed by atoms with Gasteiger partial charge < -0.3 is 9.47 Å². The Bertz CT molecular complexity index is 3820. The largest absolute Gasteiger partial charge is 0.309 e. The number of anilines is 3. The van der Waals surface area contributed by atoms with Crippen molar-refractivity contribution < 1.29 is 0 Å². The molecule has 2 heteroatoms. The molecule has 1 aromatic heterocycles. The first-order chi connectivity index (χ1) is 32.2. The van der Waals surface area contributed by atoms with Gasteiger partial charge in [0.25, 0.3) is 0 Å². The molecule has 0 amide bonds. The Kier molecular flexibility index (Phi) is 6.78. The summed E-state index contributed by atoms with van der Waals surface area (Å²) in [6.45, 7) is 2.48. The Balaban J connectivity index is 1.02. The van der Waals surface area contributed by atoms with E-state index in [1.165, 1.54) is 128 Å². The van der Waals surface area contributed by atoms with Gasteiger partial charge in [-0.05, 0) is 133 Å². The molecule has 0 N–H and O–H groups in total. The van der Waals surface area contributed by atoms with E-state index in [1.807, 2.05) is 0 Å². The van der Waals surface area contributed by atoms with Crippen molar-refractivity contribution in [3.8, 4) is 50.2 Å². The Morgan fingerprint density at radius 1 is 0.354 bits per heavy atom. The molecule has 0 radical (unpaired) electrons. The standard InChI is InChI=1S/C63H40N2/c1-62-48-27-10-5-22-44(48)45-26-16-35-58(61(45)62)65(55-37-36-39(38-53(55)62)41-25-15-33-56-59(41)47-24-9-14-32-54(47)64(56)40-18-3-2-4-19-40)57-34-17-31-52-60(57)46-23-8-13-30-51(46)63(52)49-28-11-6-20-42(49)43-21-7-12-29-50(43)63/h2-38H,1H3. The van der Waals surface area contributed by atoms with Crippen LogP contribution in [0.15, 0.2) is 224 Å². The SMILES string of the molecule is CC12c3ccccc3-c3cccc(c31)N(c1cccc3c1-c1ccccc1C31c3ccccc3-c3ccccc31)c1ccc(-c3cccc4c3c3ccccc3n4-c3ccccc3)cc12. The fourth-order valence-electron chi connectivity index (χ4n) is 13.2. The first-order valence-corrected chi connectivity index (χ1v) is 22.9. The number of para-hydroxylation sites is 2. The molecule has 15 rings (SSSR count). The number of fused-ring (bicyclic) bond motifs is 18. The third-order valence-electron chi connectivity index (χ3n) is 15.6. The molecule has 1 spiro atoms. The number of rotatable bonds is 3. The summed E-state index contributed by atoms with van der Waals surface area (Å²) in [5.74, 6) is 0. The summed E-state index contributed by atoms with van der Waals surface area (Å²) in [5.41, 5.74) is 26.3. The molecule has 0 saturated carbocycles. The molecule has 1 atom stereocenters. The van der Waals surface area contributed by atoms with Gasteiger partial charge in [0.1, 0.15) is 0 Å². The summed E-state index contributed by atoms with van der Waals surface area (Å²) in [4.78, 5) is 2.62. The molecular weight excluding hydrogens is 785 g/mol. The van der Waals surface area contributed by atoms with Crippen molar-refractivity contribution in [3.63, 3.8) is 0 Å². The Labute approximate surface area is 378 Å². The van der Waals surface area contributed by atoms with E-state index in [-0.39, 0.29) is 0 Å². The molecule has 1 unspecified atom stereocenters. The van der Waals surface area contributed by atoms with Crippen LogP contribution in [0.2, 0.25) is 0 Å². The molecule has 0 bridgehead atoms. The minimum atomic E-state index is -0.432. The lowest BCUT2D eigenvalue weighted by molar-refractivity contribution is 0.702. The van der Waals surface area contributed by atoms with Crippen molar-refractivity contribution in [3.05, 3.63) is 263 Å². The second kappa shape index (κ2) is 12.5. The van der Waals surface area contributed by atoms with Crippen molar-refractivity contribution in [2.45, 2.75) is 17.8 Å². The lowest BCUT2D eigenvalue weighted by Gasteiger charge is -2.43. The van der Waals surface area contributed by atoms with Gasteiger partial charge >= 0.3 is 0 Å². The van der Waals surface area contributed by atoms with E-state index in [0.717, 1.165) is 0 Å². The van der Waals surface area contributed by atoms with Crippen molar-refractivity contribution >= 4 is 38.9 Å². The van der Waals surface area contributed by atoms with Gasteiger partial charge in [0.15, 0.2) is 0 Å². The summed E-state index contributed by atoms with van der Waals surface area (Å²) in [6.07, 6.45) is 0. The zero-order chi connectivity index (χ0) is 42.6. The van der Waals surface area contributed by atoms with Crippen molar-refractivity contribution in [2.75, 3.05) is 4.90 Å². The first-order valence-electron chi connectivity index (χ1n) is 22.9. The fraction of sp³-hybridized carbons (Fsp3) is 0.0476. The molecule has 65 heavy (non-hydrogen) atoms. The number of aromatic nitrogens is 1. The van der Waals surface area contributed by atoms with Crippen LogP contribution in [0.4, 0.5) is 17.1 Å². The summed E-state index contributed by atoms with van der Waals surface area (Å²) < 4.78 is 2.42. The van der Waals surface area contributed by atoms with Crippen LogP contribution in [0, 0.1) is 0 Å². The van der Waals surface area contributed by atoms with Crippen LogP contribution in [0.5, 0.6) is 0 Å². The highest BCUT2D eigenvalue weighted by atomic mass is 15.2.